The van der Waals surface area contributed by atoms with Gasteiger partial charge < -0.3 is 4.74 Å². The molecule has 2 fully saturated rings. The summed E-state index contributed by atoms with van der Waals surface area (Å²) in [5, 5.41) is 0. The van der Waals surface area contributed by atoms with Crippen molar-refractivity contribution in [2.75, 3.05) is 13.2 Å². The van der Waals surface area contributed by atoms with Crippen LogP contribution in [0.1, 0.15) is 68.4 Å². The van der Waals surface area contributed by atoms with Crippen molar-refractivity contribution in [2.24, 2.45) is 5.92 Å². The van der Waals surface area contributed by atoms with Gasteiger partial charge in [-0.05, 0) is 48.6 Å². The molecule has 1 aliphatic heterocycles. The Hall–Kier alpha value is -0.820. The highest BCUT2D eigenvalue weighted by atomic mass is 16.5. The Kier molecular flexibility index (Phi) is 5.13. The standard InChI is InChI=1S/C19H28O/c1-2-5-16(6-3-1)9-10-17-7-4-8-19(15-17)18-11-13-20-14-12-18/h4,7-8,15-16,18H,1-3,5-6,9-14H2. The molecule has 20 heavy (non-hydrogen) atoms. The van der Waals surface area contributed by atoms with Crippen LogP contribution >= 0.6 is 0 Å². The van der Waals surface area contributed by atoms with Gasteiger partial charge in [0.05, 0.1) is 0 Å². The van der Waals surface area contributed by atoms with Gasteiger partial charge in [0.1, 0.15) is 0 Å². The maximum atomic E-state index is 5.48. The lowest BCUT2D eigenvalue weighted by molar-refractivity contribution is 0.0853. The molecule has 0 atom stereocenters. The molecule has 110 valence electrons. The van der Waals surface area contributed by atoms with E-state index in [1.807, 2.05) is 0 Å². The number of benzene rings is 1. The summed E-state index contributed by atoms with van der Waals surface area (Å²) in [7, 11) is 0. The highest BCUT2D eigenvalue weighted by Gasteiger charge is 2.17. The van der Waals surface area contributed by atoms with E-state index in [4.69, 9.17) is 4.74 Å². The average Bonchev–Trinajstić information content (AvgIpc) is 2.55. The number of ether oxygens (including phenoxy) is 1. The van der Waals surface area contributed by atoms with Gasteiger partial charge in [-0.2, -0.15) is 0 Å². The monoisotopic (exact) mass is 272 g/mol. The molecule has 1 saturated carbocycles. The van der Waals surface area contributed by atoms with Crippen LogP contribution in [0.4, 0.5) is 0 Å². The molecule has 0 N–H and O–H groups in total. The fraction of sp³-hybridized carbons (Fsp3) is 0.684. The van der Waals surface area contributed by atoms with Gasteiger partial charge in [-0.3, -0.25) is 0 Å². The normalized spacial score (nSPS) is 22.0. The number of hydrogen-bond acceptors (Lipinski definition) is 1. The SMILES string of the molecule is c1cc(CCC2CCCCC2)cc(C2CCOCC2)c1. The molecule has 1 aromatic carbocycles. The second-order valence-corrected chi connectivity index (χ2v) is 6.67. The molecule has 2 aliphatic rings. The first kappa shape index (κ1) is 14.1. The van der Waals surface area contributed by atoms with E-state index in [0.717, 1.165) is 25.0 Å². The Morgan fingerprint density at radius 3 is 2.55 bits per heavy atom. The van der Waals surface area contributed by atoms with E-state index in [1.165, 1.54) is 57.8 Å². The van der Waals surface area contributed by atoms with Gasteiger partial charge in [-0.1, -0.05) is 56.4 Å². The van der Waals surface area contributed by atoms with Crippen molar-refractivity contribution < 1.29 is 4.74 Å². The molecular weight excluding hydrogens is 244 g/mol. The summed E-state index contributed by atoms with van der Waals surface area (Å²) in [4.78, 5) is 0. The Labute approximate surface area is 123 Å². The van der Waals surface area contributed by atoms with Crippen molar-refractivity contribution in [3.05, 3.63) is 35.4 Å². The summed E-state index contributed by atoms with van der Waals surface area (Å²) < 4.78 is 5.48. The van der Waals surface area contributed by atoms with Crippen LogP contribution < -0.4 is 0 Å². The van der Waals surface area contributed by atoms with E-state index in [-0.39, 0.29) is 0 Å². The van der Waals surface area contributed by atoms with Gasteiger partial charge >= 0.3 is 0 Å². The first-order chi connectivity index (χ1) is 9.92. The first-order valence-corrected chi connectivity index (χ1v) is 8.58. The van der Waals surface area contributed by atoms with Crippen molar-refractivity contribution in [1.82, 2.24) is 0 Å². The third-order valence-electron chi connectivity index (χ3n) is 5.21. The van der Waals surface area contributed by atoms with Crippen LogP contribution in [0, 0.1) is 5.92 Å². The van der Waals surface area contributed by atoms with Gasteiger partial charge in [-0.25, -0.2) is 0 Å². The summed E-state index contributed by atoms with van der Waals surface area (Å²) in [6.07, 6.45) is 12.4. The lowest BCUT2D eigenvalue weighted by Crippen LogP contribution is -2.14. The summed E-state index contributed by atoms with van der Waals surface area (Å²) in [5.41, 5.74) is 3.11. The molecule has 0 amide bonds. The number of rotatable bonds is 4. The van der Waals surface area contributed by atoms with E-state index in [9.17, 15) is 0 Å². The molecule has 3 rings (SSSR count). The lowest BCUT2D eigenvalue weighted by Gasteiger charge is -2.23. The van der Waals surface area contributed by atoms with E-state index in [0.29, 0.717) is 0 Å². The van der Waals surface area contributed by atoms with E-state index in [2.05, 4.69) is 24.3 Å². The molecule has 0 spiro atoms. The Morgan fingerprint density at radius 1 is 0.950 bits per heavy atom. The zero-order chi connectivity index (χ0) is 13.6. The fourth-order valence-corrected chi connectivity index (χ4v) is 3.88. The van der Waals surface area contributed by atoms with E-state index < -0.39 is 0 Å². The third-order valence-corrected chi connectivity index (χ3v) is 5.21. The van der Waals surface area contributed by atoms with Gasteiger partial charge in [0.25, 0.3) is 0 Å². The van der Waals surface area contributed by atoms with Crippen molar-refractivity contribution in [3.8, 4) is 0 Å². The van der Waals surface area contributed by atoms with Crippen molar-refractivity contribution in [3.63, 3.8) is 0 Å². The topological polar surface area (TPSA) is 9.23 Å². The van der Waals surface area contributed by atoms with Crippen LogP contribution in [0.3, 0.4) is 0 Å². The van der Waals surface area contributed by atoms with Crippen LogP contribution in [0.5, 0.6) is 0 Å². The van der Waals surface area contributed by atoms with Crippen LogP contribution in [0.2, 0.25) is 0 Å². The molecule has 0 bridgehead atoms. The molecule has 1 aromatic rings. The molecule has 1 saturated heterocycles. The highest BCUT2D eigenvalue weighted by Crippen LogP contribution is 2.30. The second-order valence-electron chi connectivity index (χ2n) is 6.67. The van der Waals surface area contributed by atoms with Gasteiger partial charge in [0.2, 0.25) is 0 Å². The maximum Gasteiger partial charge on any atom is 0.0471 e. The van der Waals surface area contributed by atoms with Gasteiger partial charge in [0.15, 0.2) is 0 Å². The molecule has 1 aliphatic carbocycles. The summed E-state index contributed by atoms with van der Waals surface area (Å²) in [6.45, 7) is 1.88. The highest BCUT2D eigenvalue weighted by molar-refractivity contribution is 5.27. The summed E-state index contributed by atoms with van der Waals surface area (Å²) in [5.74, 6) is 1.73. The Balaban J connectivity index is 1.56. The third kappa shape index (κ3) is 3.85. The van der Waals surface area contributed by atoms with Crippen molar-refractivity contribution in [2.45, 2.75) is 63.7 Å². The van der Waals surface area contributed by atoms with Crippen LogP contribution in [-0.2, 0) is 11.2 Å². The molecule has 0 unspecified atom stereocenters. The zero-order valence-electron chi connectivity index (χ0n) is 12.7. The average molecular weight is 272 g/mol. The van der Waals surface area contributed by atoms with Gasteiger partial charge in [-0.15, -0.1) is 0 Å². The molecule has 0 radical (unpaired) electrons. The Morgan fingerprint density at radius 2 is 1.75 bits per heavy atom. The summed E-state index contributed by atoms with van der Waals surface area (Å²) >= 11 is 0. The minimum atomic E-state index is 0.735. The Bertz CT molecular complexity index is 400. The second kappa shape index (κ2) is 7.26. The fourth-order valence-electron chi connectivity index (χ4n) is 3.88. The lowest BCUT2D eigenvalue weighted by atomic mass is 9.84. The smallest absolute Gasteiger partial charge is 0.0471 e. The van der Waals surface area contributed by atoms with Crippen molar-refractivity contribution in [1.29, 1.82) is 0 Å². The largest absolute Gasteiger partial charge is 0.381 e. The predicted octanol–water partition coefficient (Wildman–Crippen LogP) is 5.09. The van der Waals surface area contributed by atoms with Crippen LogP contribution in [0.25, 0.3) is 0 Å². The van der Waals surface area contributed by atoms with Crippen molar-refractivity contribution >= 4 is 0 Å². The van der Waals surface area contributed by atoms with Crippen LogP contribution in [-0.4, -0.2) is 13.2 Å². The minimum Gasteiger partial charge on any atom is -0.381 e. The summed E-state index contributed by atoms with van der Waals surface area (Å²) in [6, 6.07) is 9.38. The minimum absolute atomic E-state index is 0.735. The quantitative estimate of drug-likeness (QED) is 0.741. The van der Waals surface area contributed by atoms with Crippen LogP contribution in [0.15, 0.2) is 24.3 Å². The molecule has 1 heterocycles. The molecule has 0 aromatic heterocycles. The zero-order valence-corrected chi connectivity index (χ0v) is 12.7. The predicted molar refractivity (Wildman–Crippen MR) is 84.1 cm³/mol. The van der Waals surface area contributed by atoms with Gasteiger partial charge in [0, 0.05) is 13.2 Å². The molecular formula is C19H28O. The van der Waals surface area contributed by atoms with E-state index in [1.54, 1.807) is 11.1 Å². The first-order valence-electron chi connectivity index (χ1n) is 8.58. The van der Waals surface area contributed by atoms with E-state index >= 15 is 0 Å². The number of hydrogen-bond donors (Lipinski definition) is 0. The maximum absolute atomic E-state index is 5.48. The molecule has 1 heteroatoms. The number of aryl methyl sites for hydroxylation is 1. The molecule has 1 nitrogen and oxygen atoms in total.